The number of thioether (sulfide) groups is 1. The first-order valence-electron chi connectivity index (χ1n) is 10.7. The van der Waals surface area contributed by atoms with Gasteiger partial charge in [-0.05, 0) is 75.2 Å². The highest BCUT2D eigenvalue weighted by Crippen LogP contribution is 2.22. The normalized spacial score (nSPS) is 11.7. The van der Waals surface area contributed by atoms with Crippen LogP contribution in [0, 0.1) is 13.8 Å². The van der Waals surface area contributed by atoms with Gasteiger partial charge in [-0.1, -0.05) is 17.8 Å². The predicted molar refractivity (Wildman–Crippen MR) is 130 cm³/mol. The van der Waals surface area contributed by atoms with Crippen LogP contribution in [-0.2, 0) is 11.3 Å². The van der Waals surface area contributed by atoms with E-state index in [4.69, 9.17) is 4.74 Å². The van der Waals surface area contributed by atoms with Crippen LogP contribution in [0.25, 0.3) is 0 Å². The van der Waals surface area contributed by atoms with Gasteiger partial charge < -0.3 is 19.9 Å². The van der Waals surface area contributed by atoms with Crippen LogP contribution in [0.2, 0.25) is 0 Å². The molecule has 2 amide bonds. The number of benzene rings is 2. The molecule has 0 fully saturated rings. The van der Waals surface area contributed by atoms with Crippen LogP contribution in [0.1, 0.15) is 47.2 Å². The van der Waals surface area contributed by atoms with Crippen molar-refractivity contribution < 1.29 is 14.3 Å². The van der Waals surface area contributed by atoms with Crippen molar-refractivity contribution in [3.05, 3.63) is 65.0 Å². The first-order valence-corrected chi connectivity index (χ1v) is 11.7. The summed E-state index contributed by atoms with van der Waals surface area (Å²) >= 11 is 1.31. The van der Waals surface area contributed by atoms with Crippen LogP contribution < -0.4 is 15.4 Å². The lowest BCUT2D eigenvalue weighted by molar-refractivity contribution is -0.113. The fourth-order valence-electron chi connectivity index (χ4n) is 3.26. The number of aryl methyl sites for hydroxylation is 2. The molecule has 8 nitrogen and oxygen atoms in total. The molecule has 0 radical (unpaired) electrons. The molecule has 2 N–H and O–H groups in total. The van der Waals surface area contributed by atoms with Crippen LogP contribution in [0.3, 0.4) is 0 Å². The third kappa shape index (κ3) is 6.13. The molecular formula is C24H29N5O3S. The molecule has 1 aromatic heterocycles. The molecule has 174 valence electrons. The molecule has 0 spiro atoms. The number of anilines is 1. The van der Waals surface area contributed by atoms with Gasteiger partial charge in [0.15, 0.2) is 11.0 Å². The molecule has 0 saturated carbocycles. The summed E-state index contributed by atoms with van der Waals surface area (Å²) in [5.41, 5.74) is 3.61. The third-order valence-corrected chi connectivity index (χ3v) is 6.24. The zero-order valence-electron chi connectivity index (χ0n) is 19.5. The Morgan fingerprint density at radius 2 is 1.82 bits per heavy atom. The zero-order chi connectivity index (χ0) is 24.0. The minimum Gasteiger partial charge on any atom is -0.497 e. The number of hydrogen-bond acceptors (Lipinski definition) is 6. The fraction of sp³-hybridized carbons (Fsp3) is 0.333. The quantitative estimate of drug-likeness (QED) is 0.459. The van der Waals surface area contributed by atoms with E-state index in [2.05, 4.69) is 20.8 Å². The fourth-order valence-corrected chi connectivity index (χ4v) is 4.07. The van der Waals surface area contributed by atoms with Gasteiger partial charge in [0.05, 0.1) is 18.9 Å². The maximum absolute atomic E-state index is 12.6. The second-order valence-corrected chi connectivity index (χ2v) is 8.59. The van der Waals surface area contributed by atoms with E-state index in [1.165, 1.54) is 17.3 Å². The first-order chi connectivity index (χ1) is 15.8. The number of aromatic nitrogens is 3. The number of methoxy groups -OCH3 is 1. The van der Waals surface area contributed by atoms with E-state index in [1.54, 1.807) is 31.4 Å². The molecule has 0 aliphatic heterocycles. The monoisotopic (exact) mass is 467 g/mol. The van der Waals surface area contributed by atoms with E-state index in [0.717, 1.165) is 11.3 Å². The van der Waals surface area contributed by atoms with Gasteiger partial charge in [0.1, 0.15) is 5.75 Å². The van der Waals surface area contributed by atoms with Gasteiger partial charge in [-0.25, -0.2) is 0 Å². The van der Waals surface area contributed by atoms with Crippen LogP contribution in [-0.4, -0.2) is 39.4 Å². The van der Waals surface area contributed by atoms with Gasteiger partial charge in [0, 0.05) is 17.8 Å². The Labute approximate surface area is 198 Å². The molecule has 0 aliphatic carbocycles. The van der Waals surface area contributed by atoms with Crippen LogP contribution in [0.15, 0.2) is 47.6 Å². The second kappa shape index (κ2) is 11.0. The number of nitrogens with zero attached hydrogens (tertiary/aromatic N) is 3. The summed E-state index contributed by atoms with van der Waals surface area (Å²) in [4.78, 5) is 25.0. The van der Waals surface area contributed by atoms with Gasteiger partial charge >= 0.3 is 0 Å². The largest absolute Gasteiger partial charge is 0.497 e. The number of carbonyl (C=O) groups excluding carboxylic acids is 2. The topological polar surface area (TPSA) is 98.1 Å². The van der Waals surface area contributed by atoms with E-state index in [0.29, 0.717) is 28.8 Å². The molecular weight excluding hydrogens is 438 g/mol. The van der Waals surface area contributed by atoms with Crippen LogP contribution in [0.4, 0.5) is 5.69 Å². The lowest BCUT2D eigenvalue weighted by atomic mass is 10.1. The number of ether oxygens (including phenoxy) is 1. The van der Waals surface area contributed by atoms with Gasteiger partial charge in [0.2, 0.25) is 5.91 Å². The lowest BCUT2D eigenvalue weighted by Gasteiger charge is -2.15. The Kier molecular flexibility index (Phi) is 8.11. The second-order valence-electron chi connectivity index (χ2n) is 7.64. The maximum Gasteiger partial charge on any atom is 0.251 e. The van der Waals surface area contributed by atoms with E-state index in [1.807, 2.05) is 50.5 Å². The maximum atomic E-state index is 12.6. The molecule has 3 rings (SSSR count). The Morgan fingerprint density at radius 3 is 2.45 bits per heavy atom. The predicted octanol–water partition coefficient (Wildman–Crippen LogP) is 4.15. The van der Waals surface area contributed by atoms with E-state index in [9.17, 15) is 9.59 Å². The summed E-state index contributed by atoms with van der Waals surface area (Å²) in [7, 11) is 1.58. The highest BCUT2D eigenvalue weighted by molar-refractivity contribution is 7.99. The van der Waals surface area contributed by atoms with E-state index < -0.39 is 0 Å². The Balaban J connectivity index is 1.61. The first kappa shape index (κ1) is 24.3. The average molecular weight is 468 g/mol. The molecule has 0 saturated heterocycles. The molecule has 1 atom stereocenters. The number of amides is 2. The Bertz CT molecular complexity index is 1130. The third-order valence-electron chi connectivity index (χ3n) is 5.27. The minimum absolute atomic E-state index is 0.115. The van der Waals surface area contributed by atoms with Crippen molar-refractivity contribution in [2.75, 3.05) is 18.2 Å². The van der Waals surface area contributed by atoms with Gasteiger partial charge in [-0.2, -0.15) is 0 Å². The molecule has 0 bridgehead atoms. The van der Waals surface area contributed by atoms with Gasteiger partial charge in [0.25, 0.3) is 5.91 Å². The van der Waals surface area contributed by atoms with E-state index in [-0.39, 0.29) is 23.6 Å². The van der Waals surface area contributed by atoms with Crippen molar-refractivity contribution in [3.8, 4) is 5.75 Å². The van der Waals surface area contributed by atoms with Crippen molar-refractivity contribution in [2.24, 2.45) is 0 Å². The summed E-state index contributed by atoms with van der Waals surface area (Å²) in [6.45, 7) is 8.50. The highest BCUT2D eigenvalue weighted by Gasteiger charge is 2.20. The number of hydrogen-bond donors (Lipinski definition) is 2. The Hall–Kier alpha value is -3.33. The zero-order valence-corrected chi connectivity index (χ0v) is 20.3. The van der Waals surface area contributed by atoms with Crippen LogP contribution in [0.5, 0.6) is 5.75 Å². The summed E-state index contributed by atoms with van der Waals surface area (Å²) in [5.74, 6) is 1.21. The average Bonchev–Trinajstić information content (AvgIpc) is 3.23. The lowest BCUT2D eigenvalue weighted by Crippen LogP contribution is -2.28. The molecule has 9 heteroatoms. The smallest absolute Gasteiger partial charge is 0.251 e. The van der Waals surface area contributed by atoms with Crippen molar-refractivity contribution >= 4 is 29.3 Å². The SMILES string of the molecule is CCn1c(SCC(=O)Nc2ccc(C)c(C)c2)nnc1[C@@H](C)NC(=O)c1ccc(OC)cc1. The van der Waals surface area contributed by atoms with Crippen molar-refractivity contribution in [2.45, 2.75) is 45.4 Å². The molecule has 0 aliphatic rings. The molecule has 2 aromatic carbocycles. The summed E-state index contributed by atoms with van der Waals surface area (Å²) in [6.07, 6.45) is 0. The molecule has 0 unspecified atom stereocenters. The molecule has 33 heavy (non-hydrogen) atoms. The van der Waals surface area contributed by atoms with Crippen LogP contribution >= 0.6 is 11.8 Å². The van der Waals surface area contributed by atoms with Crippen molar-refractivity contribution in [3.63, 3.8) is 0 Å². The standard InChI is InChI=1S/C24H29N5O3S/c1-6-29-22(17(4)25-23(31)18-8-11-20(32-5)12-9-18)27-28-24(29)33-14-21(30)26-19-10-7-15(2)16(3)13-19/h7-13,17H,6,14H2,1-5H3,(H,25,31)(H,26,30)/t17-/m1/s1. The number of carbonyl (C=O) groups is 2. The van der Waals surface area contributed by atoms with Gasteiger partial charge in [-0.3, -0.25) is 9.59 Å². The summed E-state index contributed by atoms with van der Waals surface area (Å²) < 4.78 is 7.04. The van der Waals surface area contributed by atoms with E-state index >= 15 is 0 Å². The van der Waals surface area contributed by atoms with Crippen molar-refractivity contribution in [1.29, 1.82) is 0 Å². The highest BCUT2D eigenvalue weighted by atomic mass is 32.2. The number of nitrogens with one attached hydrogen (secondary N) is 2. The molecule has 3 aromatic rings. The molecule has 1 heterocycles. The number of rotatable bonds is 9. The minimum atomic E-state index is -0.356. The summed E-state index contributed by atoms with van der Waals surface area (Å²) in [5, 5.41) is 15.0. The van der Waals surface area contributed by atoms with Crippen molar-refractivity contribution in [1.82, 2.24) is 20.1 Å². The summed E-state index contributed by atoms with van der Waals surface area (Å²) in [6, 6.07) is 12.4. The van der Waals surface area contributed by atoms with Gasteiger partial charge in [-0.15, -0.1) is 10.2 Å². The Morgan fingerprint density at radius 1 is 1.09 bits per heavy atom.